The first-order valence-corrected chi connectivity index (χ1v) is 10.6. The Morgan fingerprint density at radius 2 is 1.81 bits per heavy atom. The van der Waals surface area contributed by atoms with Gasteiger partial charge in [0.1, 0.15) is 0 Å². The van der Waals surface area contributed by atoms with Gasteiger partial charge in [-0.1, -0.05) is 18.2 Å². The van der Waals surface area contributed by atoms with Gasteiger partial charge in [-0.25, -0.2) is 13.2 Å². The van der Waals surface area contributed by atoms with E-state index in [1.54, 1.807) is 35.2 Å². The van der Waals surface area contributed by atoms with Crippen LogP contribution in [0.3, 0.4) is 0 Å². The zero-order valence-corrected chi connectivity index (χ0v) is 16.7. The monoisotopic (exact) mass is 396 g/mol. The van der Waals surface area contributed by atoms with Crippen LogP contribution in [0.15, 0.2) is 35.2 Å². The van der Waals surface area contributed by atoms with Crippen molar-refractivity contribution in [3.05, 3.63) is 30.3 Å². The number of carbonyl (C=O) groups excluding carboxylic acids is 2. The lowest BCUT2D eigenvalue weighted by Gasteiger charge is -2.25. The van der Waals surface area contributed by atoms with E-state index < -0.39 is 10.0 Å². The summed E-state index contributed by atoms with van der Waals surface area (Å²) in [5.41, 5.74) is 0. The molecule has 1 saturated heterocycles. The standard InChI is InChI=1S/C18H28N4O4S/c1-15(2)20-18(24)21-11-6-12-22(13-9-17(23)19-10-14-21)27(25,26)16-7-4-3-5-8-16/h3-5,7-8,15H,6,9-14H2,1-2H3,(H,19,23)(H,20,24). The van der Waals surface area contributed by atoms with Crippen molar-refractivity contribution in [3.63, 3.8) is 0 Å². The molecule has 9 heteroatoms. The van der Waals surface area contributed by atoms with Crippen molar-refractivity contribution < 1.29 is 18.0 Å². The summed E-state index contributed by atoms with van der Waals surface area (Å²) >= 11 is 0. The van der Waals surface area contributed by atoms with Gasteiger partial charge in [-0.15, -0.1) is 0 Å². The second-order valence-corrected chi connectivity index (χ2v) is 8.70. The number of nitrogens with zero attached hydrogens (tertiary/aromatic N) is 2. The van der Waals surface area contributed by atoms with Crippen LogP contribution in [-0.4, -0.2) is 68.3 Å². The summed E-state index contributed by atoms with van der Waals surface area (Å²) in [6, 6.07) is 7.97. The molecule has 1 aromatic rings. The van der Waals surface area contributed by atoms with Crippen molar-refractivity contribution in [2.45, 2.75) is 37.6 Å². The predicted molar refractivity (Wildman–Crippen MR) is 103 cm³/mol. The molecule has 2 rings (SSSR count). The van der Waals surface area contributed by atoms with E-state index >= 15 is 0 Å². The quantitative estimate of drug-likeness (QED) is 0.796. The van der Waals surface area contributed by atoms with Gasteiger partial charge in [-0.05, 0) is 32.4 Å². The molecule has 1 aromatic carbocycles. The number of rotatable bonds is 3. The van der Waals surface area contributed by atoms with Crippen LogP contribution in [0, 0.1) is 0 Å². The smallest absolute Gasteiger partial charge is 0.317 e. The van der Waals surface area contributed by atoms with Crippen LogP contribution < -0.4 is 10.6 Å². The molecule has 2 N–H and O–H groups in total. The molecule has 1 aliphatic rings. The SMILES string of the molecule is CC(C)NC(=O)N1CCCN(S(=O)(=O)c2ccccc2)CCC(=O)NCC1. The molecule has 0 atom stereocenters. The van der Waals surface area contributed by atoms with Crippen molar-refractivity contribution in [2.75, 3.05) is 32.7 Å². The number of sulfonamides is 1. The highest BCUT2D eigenvalue weighted by Crippen LogP contribution is 2.16. The normalized spacial score (nSPS) is 17.9. The number of hydrogen-bond acceptors (Lipinski definition) is 4. The third kappa shape index (κ3) is 6.21. The summed E-state index contributed by atoms with van der Waals surface area (Å²) in [4.78, 5) is 26.1. The summed E-state index contributed by atoms with van der Waals surface area (Å²) in [6.07, 6.45) is 0.579. The minimum absolute atomic E-state index is 0.000214. The van der Waals surface area contributed by atoms with Crippen LogP contribution in [0.1, 0.15) is 26.7 Å². The van der Waals surface area contributed by atoms with Crippen LogP contribution >= 0.6 is 0 Å². The van der Waals surface area contributed by atoms with E-state index in [-0.39, 0.29) is 42.4 Å². The van der Waals surface area contributed by atoms with Gasteiger partial charge >= 0.3 is 6.03 Å². The second-order valence-electron chi connectivity index (χ2n) is 6.76. The largest absolute Gasteiger partial charge is 0.354 e. The van der Waals surface area contributed by atoms with Crippen molar-refractivity contribution in [1.29, 1.82) is 0 Å². The Labute approximate surface area is 161 Å². The highest BCUT2D eigenvalue weighted by atomic mass is 32.2. The van der Waals surface area contributed by atoms with E-state index in [1.807, 2.05) is 13.8 Å². The van der Waals surface area contributed by atoms with Gasteiger partial charge in [0.05, 0.1) is 4.90 Å². The Balaban J connectivity index is 2.14. The number of amides is 3. The van der Waals surface area contributed by atoms with E-state index in [0.717, 1.165) is 0 Å². The second kappa shape index (κ2) is 9.70. The van der Waals surface area contributed by atoms with E-state index in [4.69, 9.17) is 0 Å². The van der Waals surface area contributed by atoms with E-state index in [0.29, 0.717) is 26.1 Å². The lowest BCUT2D eigenvalue weighted by atomic mass is 10.3. The summed E-state index contributed by atoms with van der Waals surface area (Å²) in [6.45, 7) is 5.25. The molecule has 1 fully saturated rings. The highest BCUT2D eigenvalue weighted by Gasteiger charge is 2.26. The Morgan fingerprint density at radius 3 is 2.48 bits per heavy atom. The Kier molecular flexibility index (Phi) is 7.61. The lowest BCUT2D eigenvalue weighted by Crippen LogP contribution is -2.46. The average molecular weight is 397 g/mol. The third-order valence-electron chi connectivity index (χ3n) is 4.21. The van der Waals surface area contributed by atoms with Gasteiger partial charge in [0, 0.05) is 45.2 Å². The van der Waals surface area contributed by atoms with Crippen molar-refractivity contribution in [2.24, 2.45) is 0 Å². The van der Waals surface area contributed by atoms with Gasteiger partial charge in [0.15, 0.2) is 0 Å². The van der Waals surface area contributed by atoms with E-state index in [1.165, 1.54) is 4.31 Å². The molecule has 150 valence electrons. The fourth-order valence-corrected chi connectivity index (χ4v) is 4.33. The number of hydrogen-bond donors (Lipinski definition) is 2. The van der Waals surface area contributed by atoms with Gasteiger partial charge in [-0.3, -0.25) is 4.79 Å². The van der Waals surface area contributed by atoms with Crippen LogP contribution in [-0.2, 0) is 14.8 Å². The molecule has 3 amide bonds. The first-order valence-electron chi connectivity index (χ1n) is 9.18. The van der Waals surface area contributed by atoms with Crippen LogP contribution in [0.25, 0.3) is 0 Å². The molecular formula is C18H28N4O4S. The first-order chi connectivity index (χ1) is 12.8. The van der Waals surface area contributed by atoms with Gasteiger partial charge in [0.2, 0.25) is 15.9 Å². The minimum Gasteiger partial charge on any atom is -0.354 e. The molecule has 0 saturated carbocycles. The molecule has 0 radical (unpaired) electrons. The van der Waals surface area contributed by atoms with Crippen LogP contribution in [0.4, 0.5) is 4.79 Å². The van der Waals surface area contributed by atoms with Crippen molar-refractivity contribution in [3.8, 4) is 0 Å². The van der Waals surface area contributed by atoms with Crippen LogP contribution in [0.5, 0.6) is 0 Å². The third-order valence-corrected chi connectivity index (χ3v) is 6.12. The molecule has 1 heterocycles. The zero-order chi connectivity index (χ0) is 19.9. The summed E-state index contributed by atoms with van der Waals surface area (Å²) in [5.74, 6) is -0.227. The molecule has 0 aromatic heterocycles. The fraction of sp³-hybridized carbons (Fsp3) is 0.556. The maximum Gasteiger partial charge on any atom is 0.317 e. The van der Waals surface area contributed by atoms with E-state index in [9.17, 15) is 18.0 Å². The Bertz CT molecular complexity index is 737. The van der Waals surface area contributed by atoms with Crippen molar-refractivity contribution >= 4 is 22.0 Å². The molecular weight excluding hydrogens is 368 g/mol. The topological polar surface area (TPSA) is 98.8 Å². The average Bonchev–Trinajstić information content (AvgIpc) is 2.66. The molecule has 0 aliphatic carbocycles. The molecule has 27 heavy (non-hydrogen) atoms. The molecule has 1 aliphatic heterocycles. The number of benzene rings is 1. The van der Waals surface area contributed by atoms with Gasteiger partial charge < -0.3 is 15.5 Å². The van der Waals surface area contributed by atoms with Gasteiger partial charge in [-0.2, -0.15) is 4.31 Å². The molecule has 0 bridgehead atoms. The minimum atomic E-state index is -3.69. The first kappa shape index (κ1) is 21.2. The molecule has 0 spiro atoms. The highest BCUT2D eigenvalue weighted by molar-refractivity contribution is 7.89. The molecule has 8 nitrogen and oxygen atoms in total. The Morgan fingerprint density at radius 1 is 1.11 bits per heavy atom. The summed E-state index contributed by atoms with van der Waals surface area (Å²) < 4.78 is 27.1. The summed E-state index contributed by atoms with van der Waals surface area (Å²) in [5, 5.41) is 5.58. The van der Waals surface area contributed by atoms with Gasteiger partial charge in [0.25, 0.3) is 0 Å². The lowest BCUT2D eigenvalue weighted by molar-refractivity contribution is -0.121. The maximum atomic E-state index is 12.9. The number of carbonyl (C=O) groups is 2. The Hall–Kier alpha value is -2.13. The molecule has 0 unspecified atom stereocenters. The summed E-state index contributed by atoms with van der Waals surface area (Å²) in [7, 11) is -3.69. The number of nitrogens with one attached hydrogen (secondary N) is 2. The van der Waals surface area contributed by atoms with E-state index in [2.05, 4.69) is 10.6 Å². The van der Waals surface area contributed by atoms with Crippen LogP contribution in [0.2, 0.25) is 0 Å². The number of urea groups is 1. The fourth-order valence-electron chi connectivity index (χ4n) is 2.83. The maximum absolute atomic E-state index is 12.9. The zero-order valence-electron chi connectivity index (χ0n) is 15.8. The van der Waals surface area contributed by atoms with Crippen molar-refractivity contribution in [1.82, 2.24) is 19.8 Å². The predicted octanol–water partition coefficient (Wildman–Crippen LogP) is 1.01.